The molecule has 3 atom stereocenters. The van der Waals surface area contributed by atoms with Gasteiger partial charge in [0, 0.05) is 25.0 Å². The van der Waals surface area contributed by atoms with Gasteiger partial charge in [0.1, 0.15) is 0 Å². The maximum absolute atomic E-state index is 10.5. The summed E-state index contributed by atoms with van der Waals surface area (Å²) in [5.41, 5.74) is 3.79. The lowest BCUT2D eigenvalue weighted by Crippen LogP contribution is -2.46. The Morgan fingerprint density at radius 2 is 2.05 bits per heavy atom. The highest BCUT2D eigenvalue weighted by molar-refractivity contribution is 5.54. The first-order valence-corrected chi connectivity index (χ1v) is 7.04. The lowest BCUT2D eigenvalue weighted by atomic mass is 9.75. The molecule has 1 aromatic rings. The van der Waals surface area contributed by atoms with E-state index >= 15 is 0 Å². The minimum Gasteiger partial charge on any atom is -0.454 e. The molecule has 102 valence electrons. The van der Waals surface area contributed by atoms with Gasteiger partial charge in [-0.3, -0.25) is 4.90 Å². The molecule has 4 heteroatoms. The van der Waals surface area contributed by atoms with Crippen molar-refractivity contribution in [1.29, 1.82) is 0 Å². The molecule has 0 bridgehead atoms. The fourth-order valence-electron chi connectivity index (χ4n) is 3.97. The van der Waals surface area contributed by atoms with E-state index in [-0.39, 0.29) is 5.92 Å². The smallest absolute Gasteiger partial charge is 0.231 e. The molecule has 0 radical (unpaired) electrons. The van der Waals surface area contributed by atoms with Crippen molar-refractivity contribution in [3.63, 3.8) is 0 Å². The molecule has 1 unspecified atom stereocenters. The Morgan fingerprint density at radius 3 is 2.95 bits per heavy atom. The number of aliphatic hydroxyl groups is 1. The highest BCUT2D eigenvalue weighted by atomic mass is 16.7. The molecule has 0 spiro atoms. The van der Waals surface area contributed by atoms with Crippen LogP contribution in [0, 0.1) is 0 Å². The normalized spacial score (nSPS) is 32.9. The van der Waals surface area contributed by atoms with Crippen LogP contribution < -0.4 is 9.47 Å². The second-order valence-corrected chi connectivity index (χ2v) is 5.86. The zero-order chi connectivity index (χ0) is 13.3. The fraction of sp³-hybridized carbons (Fsp3) is 0.375. The minimum atomic E-state index is -0.433. The van der Waals surface area contributed by atoms with E-state index in [1.165, 1.54) is 16.7 Å². The zero-order valence-electron chi connectivity index (χ0n) is 11.0. The third-order valence-corrected chi connectivity index (χ3v) is 4.86. The molecule has 0 saturated carbocycles. The number of aliphatic hydroxyl groups excluding tert-OH is 1. The highest BCUT2D eigenvalue weighted by Crippen LogP contribution is 2.47. The van der Waals surface area contributed by atoms with E-state index in [0.29, 0.717) is 12.8 Å². The molecule has 3 aliphatic heterocycles. The molecule has 0 amide bonds. The van der Waals surface area contributed by atoms with Crippen LogP contribution in [0.1, 0.15) is 17.0 Å². The Hall–Kier alpha value is -1.78. The van der Waals surface area contributed by atoms with Gasteiger partial charge in [-0.25, -0.2) is 0 Å². The number of ether oxygens (including phenoxy) is 2. The van der Waals surface area contributed by atoms with Crippen molar-refractivity contribution in [2.45, 2.75) is 24.6 Å². The molecule has 0 saturated heterocycles. The highest BCUT2D eigenvalue weighted by Gasteiger charge is 2.44. The zero-order valence-corrected chi connectivity index (χ0v) is 11.0. The molecule has 0 aromatic heterocycles. The van der Waals surface area contributed by atoms with Gasteiger partial charge in [0.2, 0.25) is 6.79 Å². The first kappa shape index (κ1) is 10.9. The predicted molar refractivity (Wildman–Crippen MR) is 72.7 cm³/mol. The van der Waals surface area contributed by atoms with Gasteiger partial charge in [-0.2, -0.15) is 0 Å². The van der Waals surface area contributed by atoms with E-state index in [1.807, 2.05) is 6.08 Å². The fourth-order valence-corrected chi connectivity index (χ4v) is 3.97. The van der Waals surface area contributed by atoms with Gasteiger partial charge < -0.3 is 14.6 Å². The Bertz CT molecular complexity index is 664. The summed E-state index contributed by atoms with van der Waals surface area (Å²) in [6.07, 6.45) is 5.82. The third-order valence-electron chi connectivity index (χ3n) is 4.86. The molecule has 1 aliphatic carbocycles. The van der Waals surface area contributed by atoms with E-state index in [9.17, 15) is 5.11 Å². The van der Waals surface area contributed by atoms with Crippen LogP contribution >= 0.6 is 0 Å². The number of hydrogen-bond acceptors (Lipinski definition) is 4. The van der Waals surface area contributed by atoms with Crippen LogP contribution in [-0.2, 0) is 6.54 Å². The van der Waals surface area contributed by atoms with Crippen LogP contribution in [-0.4, -0.2) is 35.5 Å². The maximum atomic E-state index is 10.5. The lowest BCUT2D eigenvalue weighted by Gasteiger charge is -2.43. The number of benzene rings is 1. The summed E-state index contributed by atoms with van der Waals surface area (Å²) in [5, 5.41) is 10.5. The third kappa shape index (κ3) is 1.28. The van der Waals surface area contributed by atoms with Crippen molar-refractivity contribution in [1.82, 2.24) is 4.90 Å². The quantitative estimate of drug-likeness (QED) is 0.776. The summed E-state index contributed by atoms with van der Waals surface area (Å²) >= 11 is 0. The van der Waals surface area contributed by atoms with Crippen molar-refractivity contribution >= 4 is 0 Å². The summed E-state index contributed by atoms with van der Waals surface area (Å²) in [4.78, 5) is 2.43. The number of hydrogen-bond donors (Lipinski definition) is 1. The minimum absolute atomic E-state index is 0.104. The van der Waals surface area contributed by atoms with Crippen molar-refractivity contribution in [3.8, 4) is 11.5 Å². The Kier molecular flexibility index (Phi) is 2.00. The second kappa shape index (κ2) is 3.65. The van der Waals surface area contributed by atoms with Gasteiger partial charge >= 0.3 is 0 Å². The Labute approximate surface area is 116 Å². The average molecular weight is 269 g/mol. The Balaban J connectivity index is 1.71. The van der Waals surface area contributed by atoms with Crippen LogP contribution in [0.25, 0.3) is 0 Å². The number of nitrogens with zero attached hydrogens (tertiary/aromatic N) is 1. The van der Waals surface area contributed by atoms with Gasteiger partial charge in [-0.05, 0) is 28.8 Å². The van der Waals surface area contributed by atoms with Crippen molar-refractivity contribution < 1.29 is 14.6 Å². The molecule has 1 N–H and O–H groups in total. The Morgan fingerprint density at radius 1 is 1.20 bits per heavy atom. The van der Waals surface area contributed by atoms with Gasteiger partial charge in [0.15, 0.2) is 11.5 Å². The van der Waals surface area contributed by atoms with E-state index < -0.39 is 6.10 Å². The van der Waals surface area contributed by atoms with Gasteiger partial charge in [-0.1, -0.05) is 18.2 Å². The topological polar surface area (TPSA) is 41.9 Å². The molecule has 0 fully saturated rings. The maximum Gasteiger partial charge on any atom is 0.231 e. The predicted octanol–water partition coefficient (Wildman–Crippen LogP) is 1.55. The van der Waals surface area contributed by atoms with Gasteiger partial charge in [0.05, 0.1) is 6.10 Å². The van der Waals surface area contributed by atoms with E-state index in [1.54, 1.807) is 0 Å². The first-order valence-electron chi connectivity index (χ1n) is 7.04. The van der Waals surface area contributed by atoms with E-state index in [2.05, 4.69) is 29.2 Å². The van der Waals surface area contributed by atoms with Crippen LogP contribution in [0.2, 0.25) is 0 Å². The molecular formula is C16H15NO3. The van der Waals surface area contributed by atoms with Crippen molar-refractivity contribution in [2.75, 3.05) is 13.3 Å². The number of fused-ring (bicyclic) bond motifs is 3. The molecule has 4 nitrogen and oxygen atoms in total. The summed E-state index contributed by atoms with van der Waals surface area (Å²) < 4.78 is 11.0. The molecule has 1 aromatic carbocycles. The molecule has 3 heterocycles. The SMILES string of the molecule is OC1C=CC2=CCN3Cc4cc5c(cc4[C@H]1[C@@H]23)OCO5. The standard InChI is InChI=1S/C16H15NO3/c18-12-2-1-9-3-4-17-7-10-5-13-14(20-8-19-13)6-11(10)15(12)16(9)17/h1-3,5-6,12,15-16,18H,4,7-8H2/t12?,15-,16-/m1/s1. The van der Waals surface area contributed by atoms with E-state index in [4.69, 9.17) is 9.47 Å². The summed E-state index contributed by atoms with van der Waals surface area (Å²) in [6.45, 7) is 2.17. The van der Waals surface area contributed by atoms with Crippen LogP contribution in [0.3, 0.4) is 0 Å². The number of rotatable bonds is 0. The molecular weight excluding hydrogens is 254 g/mol. The molecule has 4 aliphatic rings. The monoisotopic (exact) mass is 269 g/mol. The summed E-state index contributed by atoms with van der Waals surface area (Å²) in [7, 11) is 0. The molecule has 5 rings (SSSR count). The molecule has 20 heavy (non-hydrogen) atoms. The average Bonchev–Trinajstić information content (AvgIpc) is 3.06. The summed E-state index contributed by atoms with van der Waals surface area (Å²) in [6, 6.07) is 4.46. The van der Waals surface area contributed by atoms with Gasteiger partial charge in [-0.15, -0.1) is 0 Å². The summed E-state index contributed by atoms with van der Waals surface area (Å²) in [5.74, 6) is 1.74. The van der Waals surface area contributed by atoms with E-state index in [0.717, 1.165) is 24.6 Å². The van der Waals surface area contributed by atoms with Crippen molar-refractivity contribution in [2.24, 2.45) is 0 Å². The first-order chi connectivity index (χ1) is 9.81. The van der Waals surface area contributed by atoms with Crippen LogP contribution in [0.5, 0.6) is 11.5 Å². The largest absolute Gasteiger partial charge is 0.454 e. The van der Waals surface area contributed by atoms with Crippen LogP contribution in [0.4, 0.5) is 0 Å². The van der Waals surface area contributed by atoms with Crippen LogP contribution in [0.15, 0.2) is 35.9 Å². The second-order valence-electron chi connectivity index (χ2n) is 5.86. The lowest BCUT2D eigenvalue weighted by molar-refractivity contribution is 0.111. The van der Waals surface area contributed by atoms with Crippen molar-refractivity contribution in [3.05, 3.63) is 47.1 Å². The van der Waals surface area contributed by atoms with Gasteiger partial charge in [0.25, 0.3) is 0 Å².